The van der Waals surface area contributed by atoms with Gasteiger partial charge in [0.05, 0.1) is 16.1 Å². The summed E-state index contributed by atoms with van der Waals surface area (Å²) in [4.78, 5) is 46.0. The highest BCUT2D eigenvalue weighted by Gasteiger charge is 2.48. The summed E-state index contributed by atoms with van der Waals surface area (Å²) in [6.07, 6.45) is 5.45. The Kier molecular flexibility index (Phi) is 7.80. The Hall–Kier alpha value is -2.28. The lowest BCUT2D eigenvalue weighted by molar-refractivity contribution is -0.142. The Morgan fingerprint density at radius 3 is 2.17 bits per heavy atom. The van der Waals surface area contributed by atoms with Crippen LogP contribution in [0.2, 0.25) is 15.1 Å². The van der Waals surface area contributed by atoms with Gasteiger partial charge in [-0.3, -0.25) is 14.4 Å². The van der Waals surface area contributed by atoms with Gasteiger partial charge in [-0.25, -0.2) is 0 Å². The third-order valence-corrected chi connectivity index (χ3v) is 10.8. The van der Waals surface area contributed by atoms with E-state index in [1.165, 1.54) is 0 Å². The molecule has 4 aliphatic rings. The predicted octanol–water partition coefficient (Wildman–Crippen LogP) is 6.63. The zero-order chi connectivity index (χ0) is 29.1. The largest absolute Gasteiger partial charge is 0.342 e. The number of hydrogen-bond donors (Lipinski definition) is 0. The second-order valence-corrected chi connectivity index (χ2v) is 13.9. The molecule has 0 N–H and O–H groups in total. The summed E-state index contributed by atoms with van der Waals surface area (Å²) in [5.41, 5.74) is 2.41. The van der Waals surface area contributed by atoms with Crippen molar-refractivity contribution in [3.8, 4) is 0 Å². The minimum atomic E-state index is -0.236. The molecule has 2 saturated carbocycles. The number of likely N-dealkylation sites (N-methyl/N-ethyl adjacent to an activating group) is 1. The Morgan fingerprint density at radius 1 is 0.854 bits per heavy atom. The van der Waals surface area contributed by atoms with E-state index in [1.807, 2.05) is 48.0 Å². The van der Waals surface area contributed by atoms with Gasteiger partial charge < -0.3 is 14.7 Å². The van der Waals surface area contributed by atoms with Gasteiger partial charge in [0.15, 0.2) is 0 Å². The van der Waals surface area contributed by atoms with E-state index in [-0.39, 0.29) is 41.0 Å². The molecule has 3 amide bonds. The zero-order valence-electron chi connectivity index (χ0n) is 23.5. The molecule has 218 valence electrons. The fourth-order valence-corrected chi connectivity index (χ4v) is 7.12. The molecule has 9 heteroatoms. The molecule has 6 nitrogen and oxygen atoms in total. The molecule has 1 unspecified atom stereocenters. The second kappa shape index (κ2) is 11.1. The molecule has 0 aromatic heterocycles. The van der Waals surface area contributed by atoms with Crippen molar-refractivity contribution < 1.29 is 14.4 Å². The van der Waals surface area contributed by atoms with Crippen LogP contribution in [-0.4, -0.2) is 71.7 Å². The monoisotopic (exact) mass is 615 g/mol. The van der Waals surface area contributed by atoms with Gasteiger partial charge in [-0.15, -0.1) is 0 Å². The Balaban J connectivity index is 1.20. The molecular formula is C32H36Cl3N3O3. The predicted molar refractivity (Wildman–Crippen MR) is 162 cm³/mol. The van der Waals surface area contributed by atoms with Gasteiger partial charge in [0.25, 0.3) is 5.91 Å². The number of amides is 3. The number of benzene rings is 2. The Labute approximate surface area is 256 Å². The fourth-order valence-electron chi connectivity index (χ4n) is 6.54. The first-order valence-electron chi connectivity index (χ1n) is 14.7. The molecule has 2 saturated heterocycles. The van der Waals surface area contributed by atoms with Gasteiger partial charge in [0.2, 0.25) is 11.8 Å². The molecule has 41 heavy (non-hydrogen) atoms. The average molecular weight is 617 g/mol. The first-order chi connectivity index (χ1) is 19.6. The molecule has 2 aromatic carbocycles. The van der Waals surface area contributed by atoms with Crippen LogP contribution < -0.4 is 0 Å². The van der Waals surface area contributed by atoms with E-state index in [9.17, 15) is 14.4 Å². The van der Waals surface area contributed by atoms with Crippen LogP contribution in [-0.2, 0) is 9.59 Å². The summed E-state index contributed by atoms with van der Waals surface area (Å²) >= 11 is 19.1. The van der Waals surface area contributed by atoms with E-state index >= 15 is 0 Å². The molecule has 2 atom stereocenters. The molecule has 2 aromatic rings. The van der Waals surface area contributed by atoms with Crippen LogP contribution in [0.15, 0.2) is 36.4 Å². The number of rotatable bonds is 6. The summed E-state index contributed by atoms with van der Waals surface area (Å²) in [7, 11) is 1.82. The number of halogens is 3. The van der Waals surface area contributed by atoms with Gasteiger partial charge in [-0.2, -0.15) is 0 Å². The first-order valence-corrected chi connectivity index (χ1v) is 15.8. The first kappa shape index (κ1) is 28.8. The number of carbonyl (C=O) groups excluding carboxylic acids is 3. The average Bonchev–Trinajstić information content (AvgIpc) is 3.91. The Bertz CT molecular complexity index is 1380. The van der Waals surface area contributed by atoms with E-state index in [0.717, 1.165) is 36.8 Å². The number of nitrogens with zero attached hydrogens (tertiary/aromatic N) is 3. The summed E-state index contributed by atoms with van der Waals surface area (Å²) in [5.74, 6) is 0.431. The lowest BCUT2D eigenvalue weighted by Crippen LogP contribution is -2.46. The minimum absolute atomic E-state index is 0.0895. The van der Waals surface area contributed by atoms with E-state index in [2.05, 4.69) is 0 Å². The van der Waals surface area contributed by atoms with Crippen molar-refractivity contribution in [3.05, 3.63) is 68.2 Å². The molecule has 2 heterocycles. The normalized spacial score (nSPS) is 23.9. The highest BCUT2D eigenvalue weighted by atomic mass is 35.5. The maximum Gasteiger partial charge on any atom is 0.253 e. The van der Waals surface area contributed by atoms with E-state index in [4.69, 9.17) is 34.8 Å². The molecular weight excluding hydrogens is 581 g/mol. The third kappa shape index (κ3) is 5.72. The summed E-state index contributed by atoms with van der Waals surface area (Å²) in [5, 5.41) is 1.63. The molecule has 4 fully saturated rings. The van der Waals surface area contributed by atoms with Crippen LogP contribution in [0.4, 0.5) is 0 Å². The smallest absolute Gasteiger partial charge is 0.253 e. The van der Waals surface area contributed by atoms with Gasteiger partial charge >= 0.3 is 0 Å². The molecule has 6 rings (SSSR count). The van der Waals surface area contributed by atoms with Crippen LogP contribution in [0, 0.1) is 11.3 Å². The molecule has 0 spiro atoms. The molecule has 2 aliphatic heterocycles. The quantitative estimate of drug-likeness (QED) is 0.366. The summed E-state index contributed by atoms with van der Waals surface area (Å²) in [6, 6.07) is 10.9. The zero-order valence-corrected chi connectivity index (χ0v) is 25.8. The van der Waals surface area contributed by atoms with Crippen molar-refractivity contribution in [1.29, 1.82) is 0 Å². The summed E-state index contributed by atoms with van der Waals surface area (Å²) in [6.45, 7) is 4.21. The molecule has 2 aliphatic carbocycles. The maximum absolute atomic E-state index is 13.8. The highest BCUT2D eigenvalue weighted by Crippen LogP contribution is 2.47. The van der Waals surface area contributed by atoms with Crippen LogP contribution >= 0.6 is 34.8 Å². The van der Waals surface area contributed by atoms with E-state index in [0.29, 0.717) is 65.6 Å². The maximum atomic E-state index is 13.8. The van der Waals surface area contributed by atoms with E-state index in [1.54, 1.807) is 17.0 Å². The van der Waals surface area contributed by atoms with Crippen LogP contribution in [0.1, 0.15) is 78.8 Å². The Morgan fingerprint density at radius 2 is 1.54 bits per heavy atom. The minimum Gasteiger partial charge on any atom is -0.342 e. The van der Waals surface area contributed by atoms with Gasteiger partial charge in [-0.1, -0.05) is 47.8 Å². The van der Waals surface area contributed by atoms with Gasteiger partial charge in [0.1, 0.15) is 0 Å². The highest BCUT2D eigenvalue weighted by molar-refractivity contribution is 6.42. The number of likely N-dealkylation sites (tertiary alicyclic amines) is 2. The van der Waals surface area contributed by atoms with Crippen molar-refractivity contribution in [2.45, 2.75) is 63.3 Å². The molecule has 0 radical (unpaired) electrons. The number of piperidine rings is 1. The van der Waals surface area contributed by atoms with Crippen molar-refractivity contribution in [1.82, 2.24) is 14.7 Å². The number of hydrogen-bond acceptors (Lipinski definition) is 3. The van der Waals surface area contributed by atoms with Crippen molar-refractivity contribution in [2.75, 3.05) is 33.2 Å². The van der Waals surface area contributed by atoms with Gasteiger partial charge in [-0.05, 0) is 85.9 Å². The van der Waals surface area contributed by atoms with Crippen molar-refractivity contribution in [3.63, 3.8) is 0 Å². The number of carbonyl (C=O) groups is 3. The second-order valence-electron chi connectivity index (χ2n) is 12.6. The third-order valence-electron chi connectivity index (χ3n) is 9.70. The lowest BCUT2D eigenvalue weighted by Gasteiger charge is -2.34. The lowest BCUT2D eigenvalue weighted by atomic mass is 9.92. The topological polar surface area (TPSA) is 60.9 Å². The fraction of sp³-hybridized carbons (Fsp3) is 0.531. The molecule has 0 bridgehead atoms. The standard InChI is InChI=1S/C32H36Cl3N3O3/c1-32(11-12-32)31(41)37-13-9-20(10-14-37)30(40)38-17-24(21-5-8-26(34)27(35)16-21)28(18-38)36(2)29(39)22-6-7-25(33)23(15-22)19-3-4-19/h5-8,15-16,19-20,24,28H,3-4,9-14,17-18H2,1-2H3/t24?,28-/m1/s1. The van der Waals surface area contributed by atoms with Gasteiger partial charge in [0, 0.05) is 61.1 Å². The summed E-state index contributed by atoms with van der Waals surface area (Å²) < 4.78 is 0. The van der Waals surface area contributed by atoms with Crippen molar-refractivity contribution in [2.24, 2.45) is 11.3 Å². The van der Waals surface area contributed by atoms with Crippen LogP contribution in [0.25, 0.3) is 0 Å². The van der Waals surface area contributed by atoms with Crippen LogP contribution in [0.3, 0.4) is 0 Å². The SMILES string of the molecule is CN(C(=O)c1ccc(Cl)c(C2CC2)c1)[C@@H]1CN(C(=O)C2CCN(C(=O)C3(C)CC3)CC2)CC1c1ccc(Cl)c(Cl)c1. The van der Waals surface area contributed by atoms with E-state index < -0.39 is 0 Å². The van der Waals surface area contributed by atoms with Crippen molar-refractivity contribution >= 4 is 52.5 Å². The van der Waals surface area contributed by atoms with Crippen LogP contribution in [0.5, 0.6) is 0 Å².